The number of likely N-dealkylation sites (tertiary alicyclic amines) is 1. The number of ether oxygens (including phenoxy) is 2. The lowest BCUT2D eigenvalue weighted by Gasteiger charge is -2.41. The van der Waals surface area contributed by atoms with Crippen LogP contribution in [-0.4, -0.2) is 38.3 Å². The maximum absolute atomic E-state index is 6.45. The fourth-order valence-corrected chi connectivity index (χ4v) is 3.27. The molecule has 1 aromatic carbocycles. The average Bonchev–Trinajstić information content (AvgIpc) is 2.46. The van der Waals surface area contributed by atoms with Gasteiger partial charge >= 0.3 is 0 Å². The fourth-order valence-electron chi connectivity index (χ4n) is 3.27. The molecule has 2 rings (SSSR count). The second-order valence-corrected chi connectivity index (χ2v) is 6.25. The molecule has 1 saturated heterocycles. The molecule has 1 aromatic rings. The number of nitrogens with zero attached hydrogens (tertiary/aromatic N) is 1. The molecule has 2 atom stereocenters. The Morgan fingerprint density at radius 2 is 2.05 bits per heavy atom. The van der Waals surface area contributed by atoms with Crippen LogP contribution >= 0.6 is 0 Å². The van der Waals surface area contributed by atoms with Crippen molar-refractivity contribution in [1.29, 1.82) is 0 Å². The lowest BCUT2D eigenvalue weighted by molar-refractivity contribution is 0.112. The first kappa shape index (κ1) is 16.1. The van der Waals surface area contributed by atoms with Gasteiger partial charge in [-0.3, -0.25) is 4.90 Å². The fraction of sp³-hybridized carbons (Fsp3) is 0.647. The third kappa shape index (κ3) is 3.69. The predicted octanol–water partition coefficient (Wildman–Crippen LogP) is 2.82. The zero-order valence-electron chi connectivity index (χ0n) is 13.6. The van der Waals surface area contributed by atoms with Gasteiger partial charge in [-0.1, -0.05) is 13.8 Å². The highest BCUT2D eigenvalue weighted by Gasteiger charge is 2.32. The van der Waals surface area contributed by atoms with Crippen molar-refractivity contribution in [1.82, 2.24) is 4.90 Å². The molecule has 118 valence electrons. The van der Waals surface area contributed by atoms with E-state index >= 15 is 0 Å². The molecule has 0 radical (unpaired) electrons. The highest BCUT2D eigenvalue weighted by Crippen LogP contribution is 2.37. The molecule has 21 heavy (non-hydrogen) atoms. The number of benzene rings is 1. The van der Waals surface area contributed by atoms with Crippen molar-refractivity contribution in [3.05, 3.63) is 23.8 Å². The van der Waals surface area contributed by atoms with E-state index in [-0.39, 0.29) is 12.1 Å². The quantitative estimate of drug-likeness (QED) is 0.906. The van der Waals surface area contributed by atoms with Gasteiger partial charge in [0, 0.05) is 18.2 Å². The second kappa shape index (κ2) is 7.14. The first-order valence-electron chi connectivity index (χ1n) is 7.78. The van der Waals surface area contributed by atoms with E-state index in [0.717, 1.165) is 43.0 Å². The highest BCUT2D eigenvalue weighted by atomic mass is 16.5. The average molecular weight is 292 g/mol. The predicted molar refractivity (Wildman–Crippen MR) is 85.9 cm³/mol. The summed E-state index contributed by atoms with van der Waals surface area (Å²) in [7, 11) is 3.41. The van der Waals surface area contributed by atoms with Crippen molar-refractivity contribution in [2.45, 2.75) is 38.8 Å². The Morgan fingerprint density at radius 3 is 2.67 bits per heavy atom. The van der Waals surface area contributed by atoms with Gasteiger partial charge in [-0.15, -0.1) is 0 Å². The van der Waals surface area contributed by atoms with Gasteiger partial charge in [-0.25, -0.2) is 0 Å². The first-order valence-corrected chi connectivity index (χ1v) is 7.78. The second-order valence-electron chi connectivity index (χ2n) is 6.25. The normalized spacial score (nSPS) is 23.3. The van der Waals surface area contributed by atoms with Crippen LogP contribution in [0.1, 0.15) is 38.3 Å². The Morgan fingerprint density at radius 1 is 1.29 bits per heavy atom. The molecular formula is C17H28N2O2. The summed E-state index contributed by atoms with van der Waals surface area (Å²) in [6, 6.07) is 6.32. The standard InChI is InChI=1S/C17H28N2O2/c1-12(2)11-19-9-5-6-15(18)17(19)14-10-13(20-3)7-8-16(14)21-4/h7-8,10,12,15,17H,5-6,9,11,18H2,1-4H3. The van der Waals surface area contributed by atoms with Gasteiger partial charge in [0.15, 0.2) is 0 Å². The summed E-state index contributed by atoms with van der Waals surface area (Å²) in [6.45, 7) is 6.65. The van der Waals surface area contributed by atoms with E-state index in [1.54, 1.807) is 14.2 Å². The van der Waals surface area contributed by atoms with E-state index in [1.807, 2.05) is 12.1 Å². The Bertz CT molecular complexity index is 462. The zero-order valence-corrected chi connectivity index (χ0v) is 13.6. The van der Waals surface area contributed by atoms with Crippen LogP contribution in [0.15, 0.2) is 18.2 Å². The van der Waals surface area contributed by atoms with Crippen molar-refractivity contribution >= 4 is 0 Å². The molecule has 1 fully saturated rings. The summed E-state index contributed by atoms with van der Waals surface area (Å²) in [5.41, 5.74) is 7.60. The van der Waals surface area contributed by atoms with Gasteiger partial charge in [0.2, 0.25) is 0 Å². The van der Waals surface area contributed by atoms with Gasteiger partial charge in [-0.2, -0.15) is 0 Å². The summed E-state index contributed by atoms with van der Waals surface area (Å²) in [6.07, 6.45) is 2.22. The smallest absolute Gasteiger partial charge is 0.123 e. The summed E-state index contributed by atoms with van der Waals surface area (Å²) in [5, 5.41) is 0. The van der Waals surface area contributed by atoms with Crippen molar-refractivity contribution in [2.75, 3.05) is 27.3 Å². The van der Waals surface area contributed by atoms with Crippen LogP contribution in [0.25, 0.3) is 0 Å². The lowest BCUT2D eigenvalue weighted by atomic mass is 9.89. The molecule has 0 spiro atoms. The highest BCUT2D eigenvalue weighted by molar-refractivity contribution is 5.43. The van der Waals surface area contributed by atoms with Gasteiger partial charge in [0.1, 0.15) is 11.5 Å². The van der Waals surface area contributed by atoms with E-state index in [9.17, 15) is 0 Å². The minimum absolute atomic E-state index is 0.138. The summed E-state index contributed by atoms with van der Waals surface area (Å²) in [4.78, 5) is 2.50. The number of nitrogens with two attached hydrogens (primary N) is 1. The molecule has 0 bridgehead atoms. The topological polar surface area (TPSA) is 47.7 Å². The van der Waals surface area contributed by atoms with E-state index in [2.05, 4.69) is 24.8 Å². The molecule has 2 unspecified atom stereocenters. The SMILES string of the molecule is COc1ccc(OC)c(C2C(N)CCCN2CC(C)C)c1. The third-order valence-electron chi connectivity index (χ3n) is 4.14. The molecule has 1 aliphatic heterocycles. The monoisotopic (exact) mass is 292 g/mol. The van der Waals surface area contributed by atoms with E-state index in [0.29, 0.717) is 5.92 Å². The molecule has 4 heteroatoms. The molecule has 1 aliphatic rings. The molecule has 0 aromatic heterocycles. The largest absolute Gasteiger partial charge is 0.497 e. The number of methoxy groups -OCH3 is 2. The molecule has 1 heterocycles. The van der Waals surface area contributed by atoms with Crippen molar-refractivity contribution in [2.24, 2.45) is 11.7 Å². The van der Waals surface area contributed by atoms with Crippen molar-refractivity contribution in [3.8, 4) is 11.5 Å². The minimum atomic E-state index is 0.138. The molecule has 0 aliphatic carbocycles. The Balaban J connectivity index is 2.38. The van der Waals surface area contributed by atoms with Crippen LogP contribution in [0.4, 0.5) is 0 Å². The Kier molecular flexibility index (Phi) is 5.48. The zero-order chi connectivity index (χ0) is 15.4. The van der Waals surface area contributed by atoms with Crippen LogP contribution < -0.4 is 15.2 Å². The van der Waals surface area contributed by atoms with Gasteiger partial charge in [-0.05, 0) is 43.5 Å². The van der Waals surface area contributed by atoms with Crippen LogP contribution in [0.5, 0.6) is 11.5 Å². The molecule has 0 saturated carbocycles. The van der Waals surface area contributed by atoms with Crippen LogP contribution in [-0.2, 0) is 0 Å². The number of piperidine rings is 1. The molecule has 4 nitrogen and oxygen atoms in total. The maximum Gasteiger partial charge on any atom is 0.123 e. The van der Waals surface area contributed by atoms with E-state index in [4.69, 9.17) is 15.2 Å². The lowest BCUT2D eigenvalue weighted by Crippen LogP contribution is -2.47. The molecule has 2 N–H and O–H groups in total. The third-order valence-corrected chi connectivity index (χ3v) is 4.14. The first-order chi connectivity index (χ1) is 10.1. The van der Waals surface area contributed by atoms with Gasteiger partial charge in [0.25, 0.3) is 0 Å². The van der Waals surface area contributed by atoms with Gasteiger partial charge < -0.3 is 15.2 Å². The summed E-state index contributed by atoms with van der Waals surface area (Å²) >= 11 is 0. The van der Waals surface area contributed by atoms with Crippen LogP contribution in [0.2, 0.25) is 0 Å². The number of hydrogen-bond donors (Lipinski definition) is 1. The molecular weight excluding hydrogens is 264 g/mol. The van der Waals surface area contributed by atoms with Gasteiger partial charge in [0.05, 0.1) is 20.3 Å². The number of hydrogen-bond acceptors (Lipinski definition) is 4. The van der Waals surface area contributed by atoms with E-state index < -0.39 is 0 Å². The van der Waals surface area contributed by atoms with Crippen LogP contribution in [0.3, 0.4) is 0 Å². The Labute approximate surface area is 128 Å². The summed E-state index contributed by atoms with van der Waals surface area (Å²) < 4.78 is 10.9. The molecule has 0 amide bonds. The number of rotatable bonds is 5. The maximum atomic E-state index is 6.45. The Hall–Kier alpha value is -1.26. The van der Waals surface area contributed by atoms with Crippen molar-refractivity contribution in [3.63, 3.8) is 0 Å². The van der Waals surface area contributed by atoms with Crippen LogP contribution in [0, 0.1) is 5.92 Å². The summed E-state index contributed by atoms with van der Waals surface area (Å²) in [5.74, 6) is 2.37. The minimum Gasteiger partial charge on any atom is -0.497 e. The van der Waals surface area contributed by atoms with E-state index in [1.165, 1.54) is 0 Å². The van der Waals surface area contributed by atoms with Crippen molar-refractivity contribution < 1.29 is 9.47 Å².